The fourth-order valence-corrected chi connectivity index (χ4v) is 2.45. The second-order valence-electron chi connectivity index (χ2n) is 4.90. The lowest BCUT2D eigenvalue weighted by atomic mass is 10.2. The van der Waals surface area contributed by atoms with Crippen LogP contribution in [-0.2, 0) is 12.3 Å². The van der Waals surface area contributed by atoms with Crippen LogP contribution < -0.4 is 5.32 Å². The summed E-state index contributed by atoms with van der Waals surface area (Å²) in [6, 6.07) is 11.2. The molecule has 1 N–H and O–H groups in total. The van der Waals surface area contributed by atoms with E-state index in [4.69, 9.17) is 4.52 Å². The van der Waals surface area contributed by atoms with Crippen molar-refractivity contribution < 1.29 is 4.52 Å². The first-order valence-electron chi connectivity index (χ1n) is 6.51. The molecule has 0 aliphatic carbocycles. The van der Waals surface area contributed by atoms with Gasteiger partial charge in [0.05, 0.1) is 5.69 Å². The summed E-state index contributed by atoms with van der Waals surface area (Å²) in [6.07, 6.45) is 0. The first-order valence-corrected chi connectivity index (χ1v) is 7.49. The highest BCUT2D eigenvalue weighted by molar-refractivity contribution is 7.98. The first-order chi connectivity index (χ1) is 9.13. The molecule has 1 heterocycles. The molecule has 0 aliphatic rings. The van der Waals surface area contributed by atoms with Crippen LogP contribution >= 0.6 is 11.8 Å². The normalized spacial score (nSPS) is 11.2. The van der Waals surface area contributed by atoms with Gasteiger partial charge in [-0.25, -0.2) is 0 Å². The van der Waals surface area contributed by atoms with Gasteiger partial charge in [0, 0.05) is 29.3 Å². The molecule has 3 nitrogen and oxygen atoms in total. The Hall–Kier alpha value is -1.26. The largest absolute Gasteiger partial charge is 0.361 e. The van der Waals surface area contributed by atoms with Gasteiger partial charge in [0.1, 0.15) is 5.76 Å². The Morgan fingerprint density at radius 2 is 2.00 bits per heavy atom. The van der Waals surface area contributed by atoms with Crippen LogP contribution in [0.1, 0.15) is 30.9 Å². The van der Waals surface area contributed by atoms with Crippen LogP contribution in [0, 0.1) is 6.92 Å². The van der Waals surface area contributed by atoms with Crippen LogP contribution in [0.25, 0.3) is 0 Å². The van der Waals surface area contributed by atoms with Crippen LogP contribution in [0.3, 0.4) is 0 Å². The minimum atomic E-state index is 0.518. The molecule has 0 radical (unpaired) electrons. The third-order valence-corrected chi connectivity index (χ3v) is 3.75. The summed E-state index contributed by atoms with van der Waals surface area (Å²) >= 11 is 1.78. The van der Waals surface area contributed by atoms with E-state index in [0.29, 0.717) is 6.04 Å². The molecule has 0 unspecified atom stereocenters. The lowest BCUT2D eigenvalue weighted by Gasteiger charge is -2.08. The Balaban J connectivity index is 1.84. The number of hydrogen-bond donors (Lipinski definition) is 1. The number of thioether (sulfide) groups is 1. The van der Waals surface area contributed by atoms with Crippen molar-refractivity contribution in [1.29, 1.82) is 0 Å². The molecule has 1 aromatic carbocycles. The molecule has 0 atom stereocenters. The molecule has 2 rings (SSSR count). The van der Waals surface area contributed by atoms with Gasteiger partial charge in [-0.1, -0.05) is 31.1 Å². The van der Waals surface area contributed by atoms with Gasteiger partial charge in [0.15, 0.2) is 0 Å². The van der Waals surface area contributed by atoms with E-state index in [-0.39, 0.29) is 0 Å². The number of rotatable bonds is 6. The zero-order chi connectivity index (χ0) is 13.7. The maximum Gasteiger partial charge on any atom is 0.133 e. The van der Waals surface area contributed by atoms with Crippen molar-refractivity contribution in [3.05, 3.63) is 47.3 Å². The highest BCUT2D eigenvalue weighted by atomic mass is 32.2. The van der Waals surface area contributed by atoms with Crippen molar-refractivity contribution in [2.45, 2.75) is 44.0 Å². The fourth-order valence-electron chi connectivity index (χ4n) is 1.67. The average molecular weight is 276 g/mol. The third-order valence-electron chi connectivity index (χ3n) is 2.70. The second kappa shape index (κ2) is 6.78. The van der Waals surface area contributed by atoms with E-state index in [9.17, 15) is 0 Å². The summed E-state index contributed by atoms with van der Waals surface area (Å²) < 4.78 is 5.05. The molecule has 102 valence electrons. The van der Waals surface area contributed by atoms with Gasteiger partial charge in [-0.15, -0.1) is 11.8 Å². The molecule has 0 bridgehead atoms. The number of benzene rings is 1. The topological polar surface area (TPSA) is 38.1 Å². The standard InChI is InChI=1S/C15H20N2OS/c1-11(2)16-9-13-4-6-15(7-5-13)19-10-14-8-12(3)18-17-14/h4-8,11,16H,9-10H2,1-3H3. The average Bonchev–Trinajstić information content (AvgIpc) is 2.81. The monoisotopic (exact) mass is 276 g/mol. The van der Waals surface area contributed by atoms with Crippen molar-refractivity contribution in [2.24, 2.45) is 0 Å². The predicted octanol–water partition coefficient (Wildman–Crippen LogP) is 3.77. The molecule has 0 amide bonds. The van der Waals surface area contributed by atoms with Crippen molar-refractivity contribution in [1.82, 2.24) is 10.5 Å². The maximum atomic E-state index is 5.05. The quantitative estimate of drug-likeness (QED) is 0.815. The molecule has 0 saturated carbocycles. The van der Waals surface area contributed by atoms with Crippen molar-refractivity contribution in [2.75, 3.05) is 0 Å². The molecule has 0 saturated heterocycles. The van der Waals surface area contributed by atoms with Crippen molar-refractivity contribution in [3.8, 4) is 0 Å². The number of aryl methyl sites for hydroxylation is 1. The Bertz CT molecular complexity index is 505. The Kier molecular flexibility index (Phi) is 5.05. The summed E-state index contributed by atoms with van der Waals surface area (Å²) in [5.74, 6) is 1.71. The van der Waals surface area contributed by atoms with E-state index in [1.807, 2.05) is 13.0 Å². The minimum Gasteiger partial charge on any atom is -0.361 e. The first kappa shape index (κ1) is 14.2. The second-order valence-corrected chi connectivity index (χ2v) is 5.95. The predicted molar refractivity (Wildman–Crippen MR) is 79.2 cm³/mol. The fraction of sp³-hybridized carbons (Fsp3) is 0.400. The molecule has 4 heteroatoms. The van der Waals surface area contributed by atoms with Crippen LogP contribution in [-0.4, -0.2) is 11.2 Å². The summed E-state index contributed by atoms with van der Waals surface area (Å²) in [4.78, 5) is 1.26. The highest BCUT2D eigenvalue weighted by Gasteiger charge is 2.02. The number of nitrogens with one attached hydrogen (secondary N) is 1. The molecule has 0 aliphatic heterocycles. The summed E-state index contributed by atoms with van der Waals surface area (Å²) in [6.45, 7) is 7.15. The SMILES string of the molecule is Cc1cc(CSc2ccc(CNC(C)C)cc2)no1. The zero-order valence-electron chi connectivity index (χ0n) is 11.6. The number of aromatic nitrogens is 1. The summed E-state index contributed by atoms with van der Waals surface area (Å²) in [5, 5.41) is 7.40. The molecular weight excluding hydrogens is 256 g/mol. The van der Waals surface area contributed by atoms with Gasteiger partial charge in [-0.2, -0.15) is 0 Å². The number of nitrogens with zero attached hydrogens (tertiary/aromatic N) is 1. The van der Waals surface area contributed by atoms with Gasteiger partial charge < -0.3 is 9.84 Å². The minimum absolute atomic E-state index is 0.518. The smallest absolute Gasteiger partial charge is 0.133 e. The maximum absolute atomic E-state index is 5.05. The molecular formula is C15H20N2OS. The molecule has 0 spiro atoms. The zero-order valence-corrected chi connectivity index (χ0v) is 12.5. The third kappa shape index (κ3) is 4.73. The Labute approximate surface area is 118 Å². The van der Waals surface area contributed by atoms with Crippen LogP contribution in [0.5, 0.6) is 0 Å². The van der Waals surface area contributed by atoms with E-state index in [2.05, 4.69) is 48.6 Å². The van der Waals surface area contributed by atoms with E-state index < -0.39 is 0 Å². The van der Waals surface area contributed by atoms with Gasteiger partial charge in [0.2, 0.25) is 0 Å². The molecule has 2 aromatic rings. The van der Waals surface area contributed by atoms with Crippen LogP contribution in [0.15, 0.2) is 39.8 Å². The van der Waals surface area contributed by atoms with E-state index in [1.54, 1.807) is 11.8 Å². The van der Waals surface area contributed by atoms with Gasteiger partial charge in [-0.05, 0) is 24.6 Å². The molecule has 0 fully saturated rings. The Morgan fingerprint density at radius 1 is 1.26 bits per heavy atom. The van der Waals surface area contributed by atoms with Gasteiger partial charge >= 0.3 is 0 Å². The molecule has 1 aromatic heterocycles. The van der Waals surface area contributed by atoms with Crippen LogP contribution in [0.4, 0.5) is 0 Å². The van der Waals surface area contributed by atoms with Crippen molar-refractivity contribution >= 4 is 11.8 Å². The van der Waals surface area contributed by atoms with Gasteiger partial charge in [-0.3, -0.25) is 0 Å². The highest BCUT2D eigenvalue weighted by Crippen LogP contribution is 2.22. The van der Waals surface area contributed by atoms with Crippen LogP contribution in [0.2, 0.25) is 0 Å². The van der Waals surface area contributed by atoms with Gasteiger partial charge in [0.25, 0.3) is 0 Å². The lowest BCUT2D eigenvalue weighted by Crippen LogP contribution is -2.21. The van der Waals surface area contributed by atoms with E-state index >= 15 is 0 Å². The lowest BCUT2D eigenvalue weighted by molar-refractivity contribution is 0.393. The Morgan fingerprint density at radius 3 is 2.58 bits per heavy atom. The van der Waals surface area contributed by atoms with Crippen molar-refractivity contribution in [3.63, 3.8) is 0 Å². The summed E-state index contributed by atoms with van der Waals surface area (Å²) in [7, 11) is 0. The van der Waals surface area contributed by atoms with E-state index in [0.717, 1.165) is 23.8 Å². The molecule has 19 heavy (non-hydrogen) atoms. The number of hydrogen-bond acceptors (Lipinski definition) is 4. The summed E-state index contributed by atoms with van der Waals surface area (Å²) in [5.41, 5.74) is 2.31. The van der Waals surface area contributed by atoms with E-state index in [1.165, 1.54) is 10.5 Å².